The summed E-state index contributed by atoms with van der Waals surface area (Å²) in [5.41, 5.74) is -0.519. The highest BCUT2D eigenvalue weighted by Crippen LogP contribution is 2.26. The summed E-state index contributed by atoms with van der Waals surface area (Å²) in [6.07, 6.45) is 0.210. The van der Waals surface area contributed by atoms with Gasteiger partial charge in [-0.15, -0.1) is 0 Å². The summed E-state index contributed by atoms with van der Waals surface area (Å²) in [6.45, 7) is 9.73. The summed E-state index contributed by atoms with van der Waals surface area (Å²) in [5, 5.41) is 0. The van der Waals surface area contributed by atoms with Crippen LogP contribution in [0.5, 0.6) is 5.75 Å². The molecule has 180 valence electrons. The Kier molecular flexibility index (Phi) is 8.15. The van der Waals surface area contributed by atoms with Crippen molar-refractivity contribution in [3.8, 4) is 5.75 Å². The Morgan fingerprint density at radius 3 is 2.42 bits per heavy atom. The first kappa shape index (κ1) is 25.2. The van der Waals surface area contributed by atoms with Crippen molar-refractivity contribution in [3.05, 3.63) is 60.2 Å². The fraction of sp³-hybridized carbons (Fsp3) is 0.480. The number of benzene rings is 2. The van der Waals surface area contributed by atoms with E-state index in [0.717, 1.165) is 12.1 Å². The van der Waals surface area contributed by atoms with Crippen molar-refractivity contribution >= 4 is 15.8 Å². The van der Waals surface area contributed by atoms with E-state index in [9.17, 15) is 13.2 Å². The molecule has 0 saturated carbocycles. The van der Waals surface area contributed by atoms with E-state index in [2.05, 4.69) is 4.90 Å². The largest absolute Gasteiger partial charge is 0.474 e. The molecule has 0 radical (unpaired) electrons. The summed E-state index contributed by atoms with van der Waals surface area (Å²) in [7, 11) is -3.59. The van der Waals surface area contributed by atoms with Crippen LogP contribution >= 0.6 is 0 Å². The third-order valence-electron chi connectivity index (χ3n) is 5.27. The van der Waals surface area contributed by atoms with Gasteiger partial charge in [0, 0.05) is 19.6 Å². The second-order valence-electron chi connectivity index (χ2n) is 9.11. The van der Waals surface area contributed by atoms with Gasteiger partial charge in [-0.25, -0.2) is 8.42 Å². The molecule has 0 aliphatic carbocycles. The van der Waals surface area contributed by atoms with E-state index in [1.165, 1.54) is 6.92 Å². The molecule has 0 aromatic heterocycles. The van der Waals surface area contributed by atoms with Crippen molar-refractivity contribution < 1.29 is 27.4 Å². The highest BCUT2D eigenvalue weighted by molar-refractivity contribution is 7.91. The number of nitrogens with zero attached hydrogens (tertiary/aromatic N) is 1. The highest BCUT2D eigenvalue weighted by Gasteiger charge is 2.26. The topological polar surface area (TPSA) is 82.1 Å². The van der Waals surface area contributed by atoms with E-state index >= 15 is 0 Å². The van der Waals surface area contributed by atoms with Crippen molar-refractivity contribution in [1.82, 2.24) is 4.90 Å². The predicted molar refractivity (Wildman–Crippen MR) is 126 cm³/mol. The minimum Gasteiger partial charge on any atom is -0.474 e. The molecule has 1 fully saturated rings. The number of hydrogen-bond donors (Lipinski definition) is 0. The molecule has 0 bridgehead atoms. The zero-order chi connectivity index (χ0) is 24.1. The third-order valence-corrected chi connectivity index (χ3v) is 7.16. The molecule has 1 aliphatic heterocycles. The van der Waals surface area contributed by atoms with Crippen LogP contribution < -0.4 is 4.74 Å². The van der Waals surface area contributed by atoms with Crippen molar-refractivity contribution in [2.45, 2.75) is 56.2 Å². The molecule has 2 unspecified atom stereocenters. The fourth-order valence-corrected chi connectivity index (χ4v) is 4.72. The lowest BCUT2D eigenvalue weighted by molar-refractivity contribution is -0.155. The van der Waals surface area contributed by atoms with Gasteiger partial charge in [-0.3, -0.25) is 9.69 Å². The van der Waals surface area contributed by atoms with Gasteiger partial charge in [-0.05, 0) is 57.5 Å². The molecule has 0 amide bonds. The van der Waals surface area contributed by atoms with Gasteiger partial charge in [0.1, 0.15) is 11.4 Å². The Morgan fingerprint density at radius 1 is 1.12 bits per heavy atom. The van der Waals surface area contributed by atoms with Crippen molar-refractivity contribution in [2.24, 2.45) is 0 Å². The first-order chi connectivity index (χ1) is 15.5. The Morgan fingerprint density at radius 2 is 1.79 bits per heavy atom. The van der Waals surface area contributed by atoms with Gasteiger partial charge in [0.25, 0.3) is 0 Å². The van der Waals surface area contributed by atoms with E-state index in [1.54, 1.807) is 42.5 Å². The molecule has 1 saturated heterocycles. The number of ether oxygens (including phenoxy) is 3. The van der Waals surface area contributed by atoms with Gasteiger partial charge in [-0.2, -0.15) is 0 Å². The maximum atomic E-state index is 12.7. The number of carbonyl (C=O) groups excluding carboxylic acids is 1. The van der Waals surface area contributed by atoms with Crippen molar-refractivity contribution in [2.75, 3.05) is 26.2 Å². The van der Waals surface area contributed by atoms with Crippen LogP contribution in [-0.4, -0.2) is 56.6 Å². The third kappa shape index (κ3) is 7.28. The zero-order valence-electron chi connectivity index (χ0n) is 19.7. The van der Waals surface area contributed by atoms with Crippen LogP contribution in [0.15, 0.2) is 59.5 Å². The number of rotatable bonds is 8. The predicted octanol–water partition coefficient (Wildman–Crippen LogP) is 3.99. The van der Waals surface area contributed by atoms with Crippen LogP contribution in [0.3, 0.4) is 0 Å². The Bertz CT molecular complexity index is 1020. The minimum absolute atomic E-state index is 0.128. The summed E-state index contributed by atoms with van der Waals surface area (Å²) in [5.74, 6) is 0.273. The lowest BCUT2D eigenvalue weighted by Gasteiger charge is -2.33. The van der Waals surface area contributed by atoms with Crippen LogP contribution in [0, 0.1) is 0 Å². The monoisotopic (exact) mass is 475 g/mol. The standard InChI is InChI=1S/C25H33NO6S/c1-19(33(28,29)22-8-6-5-7-9-22)31-21-12-10-20(11-13-21)23-18-26(16-17-30-23)15-14-24(27)32-25(2,3)4/h5-13,19,23H,14-18H2,1-4H3. The average Bonchev–Trinajstić information content (AvgIpc) is 2.78. The summed E-state index contributed by atoms with van der Waals surface area (Å²) >= 11 is 0. The van der Waals surface area contributed by atoms with Gasteiger partial charge in [0.05, 0.1) is 24.0 Å². The molecule has 1 aliphatic rings. The van der Waals surface area contributed by atoms with Crippen LogP contribution in [-0.2, 0) is 24.1 Å². The van der Waals surface area contributed by atoms with E-state index < -0.39 is 20.9 Å². The molecule has 0 N–H and O–H groups in total. The van der Waals surface area contributed by atoms with Gasteiger partial charge in [0.2, 0.25) is 15.3 Å². The molecule has 33 heavy (non-hydrogen) atoms. The van der Waals surface area contributed by atoms with Crippen LogP contribution in [0.2, 0.25) is 0 Å². The molecule has 1 heterocycles. The summed E-state index contributed by atoms with van der Waals surface area (Å²) in [4.78, 5) is 14.4. The van der Waals surface area contributed by atoms with E-state index in [0.29, 0.717) is 31.9 Å². The number of esters is 1. The molecule has 0 spiro atoms. The van der Waals surface area contributed by atoms with E-state index in [-0.39, 0.29) is 17.0 Å². The van der Waals surface area contributed by atoms with Crippen LogP contribution in [0.4, 0.5) is 0 Å². The Labute approximate surface area is 196 Å². The summed E-state index contributed by atoms with van der Waals surface area (Å²) < 4.78 is 42.4. The molecule has 3 rings (SSSR count). The fourth-order valence-electron chi connectivity index (χ4n) is 3.57. The first-order valence-corrected chi connectivity index (χ1v) is 12.7. The van der Waals surface area contributed by atoms with Crippen molar-refractivity contribution in [3.63, 3.8) is 0 Å². The molecule has 2 aromatic carbocycles. The zero-order valence-corrected chi connectivity index (χ0v) is 20.5. The smallest absolute Gasteiger partial charge is 0.307 e. The molecular formula is C25H33NO6S. The van der Waals surface area contributed by atoms with Crippen LogP contribution in [0.1, 0.15) is 45.8 Å². The Balaban J connectivity index is 1.55. The molecular weight excluding hydrogens is 442 g/mol. The quantitative estimate of drug-likeness (QED) is 0.534. The van der Waals surface area contributed by atoms with Crippen LogP contribution in [0.25, 0.3) is 0 Å². The number of hydrogen-bond acceptors (Lipinski definition) is 7. The highest BCUT2D eigenvalue weighted by atomic mass is 32.2. The molecule has 8 heteroatoms. The first-order valence-electron chi connectivity index (χ1n) is 11.2. The van der Waals surface area contributed by atoms with E-state index in [4.69, 9.17) is 14.2 Å². The van der Waals surface area contributed by atoms with Gasteiger partial charge in [0.15, 0.2) is 0 Å². The second kappa shape index (κ2) is 10.7. The second-order valence-corrected chi connectivity index (χ2v) is 11.3. The number of carbonyl (C=O) groups is 1. The normalized spacial score (nSPS) is 18.5. The lowest BCUT2D eigenvalue weighted by Crippen LogP contribution is -2.39. The number of morpholine rings is 1. The minimum atomic E-state index is -3.59. The lowest BCUT2D eigenvalue weighted by atomic mass is 10.1. The number of sulfone groups is 1. The molecule has 7 nitrogen and oxygen atoms in total. The average molecular weight is 476 g/mol. The van der Waals surface area contributed by atoms with E-state index in [1.807, 2.05) is 32.9 Å². The van der Waals surface area contributed by atoms with Gasteiger partial charge in [-0.1, -0.05) is 30.3 Å². The van der Waals surface area contributed by atoms with Gasteiger partial charge >= 0.3 is 5.97 Å². The maximum Gasteiger partial charge on any atom is 0.307 e. The SMILES string of the molecule is CC(Oc1ccc(C2CN(CCC(=O)OC(C)(C)C)CCO2)cc1)S(=O)(=O)c1ccccc1. The maximum absolute atomic E-state index is 12.7. The van der Waals surface area contributed by atoms with Crippen molar-refractivity contribution in [1.29, 1.82) is 0 Å². The Hall–Kier alpha value is -2.42. The summed E-state index contributed by atoms with van der Waals surface area (Å²) in [6, 6.07) is 15.6. The van der Waals surface area contributed by atoms with Gasteiger partial charge < -0.3 is 14.2 Å². The molecule has 2 atom stereocenters. The molecule has 2 aromatic rings.